The van der Waals surface area contributed by atoms with Crippen molar-refractivity contribution in [3.63, 3.8) is 0 Å². The quantitative estimate of drug-likeness (QED) is 0.812. The molecular formula is C15H29N3O. The molecule has 3 unspecified atom stereocenters. The molecule has 0 bridgehead atoms. The Morgan fingerprint density at radius 1 is 1.21 bits per heavy atom. The number of rotatable bonds is 2. The molecule has 3 aliphatic rings. The van der Waals surface area contributed by atoms with Gasteiger partial charge >= 0.3 is 0 Å². The number of nitrogens with zero attached hydrogens (tertiary/aromatic N) is 2. The maximum atomic E-state index is 6.23. The van der Waals surface area contributed by atoms with E-state index in [1.165, 1.54) is 38.9 Å². The molecule has 19 heavy (non-hydrogen) atoms. The predicted molar refractivity (Wildman–Crippen MR) is 77.2 cm³/mol. The highest BCUT2D eigenvalue weighted by Crippen LogP contribution is 2.34. The van der Waals surface area contributed by atoms with Crippen LogP contribution in [0.3, 0.4) is 0 Å². The van der Waals surface area contributed by atoms with Gasteiger partial charge in [0.05, 0.1) is 0 Å². The molecule has 0 amide bonds. The minimum atomic E-state index is 0.199. The van der Waals surface area contributed by atoms with E-state index in [2.05, 4.69) is 16.7 Å². The zero-order valence-electron chi connectivity index (χ0n) is 12.3. The van der Waals surface area contributed by atoms with Crippen LogP contribution >= 0.6 is 0 Å². The number of piperazine rings is 1. The van der Waals surface area contributed by atoms with Gasteiger partial charge in [0, 0.05) is 50.5 Å². The van der Waals surface area contributed by atoms with E-state index in [0.717, 1.165) is 38.6 Å². The maximum Gasteiger partial charge on any atom is 0.0484 e. The summed E-state index contributed by atoms with van der Waals surface area (Å²) in [5.74, 6) is 0. The summed E-state index contributed by atoms with van der Waals surface area (Å²) in [5, 5.41) is 0. The van der Waals surface area contributed by atoms with Gasteiger partial charge in [-0.15, -0.1) is 0 Å². The fourth-order valence-corrected chi connectivity index (χ4v) is 4.45. The first-order valence-electron chi connectivity index (χ1n) is 8.04. The molecule has 4 heteroatoms. The molecule has 0 aromatic carbocycles. The minimum Gasteiger partial charge on any atom is -0.381 e. The Labute approximate surface area is 117 Å². The average Bonchev–Trinajstić information content (AvgIpc) is 2.73. The SMILES string of the molecule is CC1CN2CCCC2CN1C1(CN)CCCOCC1. The first-order valence-corrected chi connectivity index (χ1v) is 8.04. The molecule has 0 aromatic rings. The van der Waals surface area contributed by atoms with Crippen LogP contribution in [0.15, 0.2) is 0 Å². The van der Waals surface area contributed by atoms with Gasteiger partial charge in [0.15, 0.2) is 0 Å². The molecule has 3 atom stereocenters. The first kappa shape index (κ1) is 13.8. The van der Waals surface area contributed by atoms with E-state index in [-0.39, 0.29) is 5.54 Å². The molecule has 0 saturated carbocycles. The monoisotopic (exact) mass is 267 g/mol. The molecule has 3 rings (SSSR count). The third-order valence-corrected chi connectivity index (χ3v) is 5.57. The standard InChI is InChI=1S/C15H29N3O/c1-13-10-17-7-2-4-14(17)11-18(13)15(12-16)5-3-8-19-9-6-15/h13-14H,2-12,16H2,1H3. The van der Waals surface area contributed by atoms with Crippen molar-refractivity contribution >= 4 is 0 Å². The Morgan fingerprint density at radius 2 is 2.11 bits per heavy atom. The van der Waals surface area contributed by atoms with Crippen LogP contribution < -0.4 is 5.73 Å². The Morgan fingerprint density at radius 3 is 2.95 bits per heavy atom. The molecule has 0 spiro atoms. The second kappa shape index (κ2) is 5.68. The van der Waals surface area contributed by atoms with Crippen LogP contribution in [0.25, 0.3) is 0 Å². The summed E-state index contributed by atoms with van der Waals surface area (Å²) < 4.78 is 5.67. The van der Waals surface area contributed by atoms with Crippen molar-refractivity contribution in [1.82, 2.24) is 9.80 Å². The van der Waals surface area contributed by atoms with Crippen molar-refractivity contribution in [3.8, 4) is 0 Å². The van der Waals surface area contributed by atoms with E-state index in [4.69, 9.17) is 10.5 Å². The number of hydrogen-bond acceptors (Lipinski definition) is 4. The van der Waals surface area contributed by atoms with E-state index < -0.39 is 0 Å². The third-order valence-electron chi connectivity index (χ3n) is 5.57. The molecule has 3 fully saturated rings. The normalized spacial score (nSPS) is 42.0. The lowest BCUT2D eigenvalue weighted by Gasteiger charge is -2.52. The van der Waals surface area contributed by atoms with Gasteiger partial charge in [0.25, 0.3) is 0 Å². The van der Waals surface area contributed by atoms with Gasteiger partial charge in [-0.05, 0) is 45.6 Å². The lowest BCUT2D eigenvalue weighted by atomic mass is 9.85. The van der Waals surface area contributed by atoms with Crippen molar-refractivity contribution in [2.75, 3.05) is 39.4 Å². The number of nitrogens with two attached hydrogens (primary N) is 1. The molecule has 3 heterocycles. The van der Waals surface area contributed by atoms with E-state index in [9.17, 15) is 0 Å². The molecule has 0 radical (unpaired) electrons. The summed E-state index contributed by atoms with van der Waals surface area (Å²) in [6.07, 6.45) is 6.24. The average molecular weight is 267 g/mol. The highest BCUT2D eigenvalue weighted by atomic mass is 16.5. The predicted octanol–water partition coefficient (Wildman–Crippen LogP) is 1.05. The Kier molecular flexibility index (Phi) is 4.13. The smallest absolute Gasteiger partial charge is 0.0484 e. The molecular weight excluding hydrogens is 238 g/mol. The van der Waals surface area contributed by atoms with Crippen LogP contribution in [0.2, 0.25) is 0 Å². The van der Waals surface area contributed by atoms with E-state index in [0.29, 0.717) is 6.04 Å². The Bertz CT molecular complexity index is 302. The number of hydrogen-bond donors (Lipinski definition) is 1. The van der Waals surface area contributed by atoms with Gasteiger partial charge in [0.1, 0.15) is 0 Å². The second-order valence-electron chi connectivity index (χ2n) is 6.69. The Hall–Kier alpha value is -0.160. The van der Waals surface area contributed by atoms with E-state index in [1.54, 1.807) is 0 Å². The summed E-state index contributed by atoms with van der Waals surface area (Å²) in [6.45, 7) is 8.73. The fraction of sp³-hybridized carbons (Fsp3) is 1.00. The van der Waals surface area contributed by atoms with Gasteiger partial charge < -0.3 is 10.5 Å². The van der Waals surface area contributed by atoms with Crippen LogP contribution in [-0.4, -0.2) is 66.8 Å². The summed E-state index contributed by atoms with van der Waals surface area (Å²) in [7, 11) is 0. The third kappa shape index (κ3) is 2.56. The summed E-state index contributed by atoms with van der Waals surface area (Å²) in [5.41, 5.74) is 6.43. The summed E-state index contributed by atoms with van der Waals surface area (Å²) in [4.78, 5) is 5.44. The van der Waals surface area contributed by atoms with Gasteiger partial charge in [-0.2, -0.15) is 0 Å². The summed E-state index contributed by atoms with van der Waals surface area (Å²) in [6, 6.07) is 1.42. The van der Waals surface area contributed by atoms with Crippen LogP contribution in [0.5, 0.6) is 0 Å². The molecule has 3 aliphatic heterocycles. The highest BCUT2D eigenvalue weighted by Gasteiger charge is 2.44. The molecule has 0 aliphatic carbocycles. The molecule has 0 aromatic heterocycles. The van der Waals surface area contributed by atoms with Gasteiger partial charge in [-0.1, -0.05) is 0 Å². The van der Waals surface area contributed by atoms with Crippen LogP contribution in [0.1, 0.15) is 39.0 Å². The topological polar surface area (TPSA) is 41.7 Å². The van der Waals surface area contributed by atoms with Gasteiger partial charge in [-0.25, -0.2) is 0 Å². The van der Waals surface area contributed by atoms with Crippen LogP contribution in [-0.2, 0) is 4.74 Å². The maximum absolute atomic E-state index is 6.23. The van der Waals surface area contributed by atoms with E-state index in [1.807, 2.05) is 0 Å². The lowest BCUT2D eigenvalue weighted by Crippen LogP contribution is -2.65. The number of ether oxygens (including phenoxy) is 1. The Balaban J connectivity index is 1.77. The lowest BCUT2D eigenvalue weighted by molar-refractivity contribution is -0.0298. The molecule has 4 nitrogen and oxygen atoms in total. The van der Waals surface area contributed by atoms with Crippen molar-refractivity contribution < 1.29 is 4.74 Å². The molecule has 110 valence electrons. The minimum absolute atomic E-state index is 0.199. The molecule has 2 N–H and O–H groups in total. The van der Waals surface area contributed by atoms with Crippen molar-refractivity contribution in [2.24, 2.45) is 5.73 Å². The number of fused-ring (bicyclic) bond motifs is 1. The second-order valence-corrected chi connectivity index (χ2v) is 6.69. The van der Waals surface area contributed by atoms with Crippen LogP contribution in [0.4, 0.5) is 0 Å². The van der Waals surface area contributed by atoms with Gasteiger partial charge in [-0.3, -0.25) is 9.80 Å². The highest BCUT2D eigenvalue weighted by molar-refractivity contribution is 5.01. The van der Waals surface area contributed by atoms with Crippen molar-refractivity contribution in [1.29, 1.82) is 0 Å². The van der Waals surface area contributed by atoms with Crippen molar-refractivity contribution in [2.45, 2.75) is 56.7 Å². The van der Waals surface area contributed by atoms with E-state index >= 15 is 0 Å². The fourth-order valence-electron chi connectivity index (χ4n) is 4.45. The van der Waals surface area contributed by atoms with Gasteiger partial charge in [0.2, 0.25) is 0 Å². The largest absolute Gasteiger partial charge is 0.381 e. The van der Waals surface area contributed by atoms with Crippen molar-refractivity contribution in [3.05, 3.63) is 0 Å². The van der Waals surface area contributed by atoms with Crippen LogP contribution in [0, 0.1) is 0 Å². The zero-order valence-corrected chi connectivity index (χ0v) is 12.3. The molecule has 3 saturated heterocycles. The zero-order chi connectivity index (χ0) is 13.3. The first-order chi connectivity index (χ1) is 9.25. The summed E-state index contributed by atoms with van der Waals surface area (Å²) >= 11 is 0.